The second-order valence-electron chi connectivity index (χ2n) is 6.69. The maximum absolute atomic E-state index is 11.7. The lowest BCUT2D eigenvalue weighted by atomic mass is 10.1. The summed E-state index contributed by atoms with van der Waals surface area (Å²) in [6.07, 6.45) is 15.5. The first-order chi connectivity index (χ1) is 8.98. The molecule has 0 aliphatic rings. The fourth-order valence-electron chi connectivity index (χ4n) is 2.28. The molecule has 0 saturated heterocycles. The Hall–Kier alpha value is -0.370. The van der Waals surface area contributed by atoms with E-state index in [2.05, 4.69) is 6.92 Å². The number of rotatable bonds is 12. The van der Waals surface area contributed by atoms with Crippen molar-refractivity contribution in [3.05, 3.63) is 0 Å². The standard InChI is InChI=1S/C17H36NO/c1-5-6-7-8-9-10-11-12-13-14-15-16-17(19)18(2,3)4/h5-16H2,1-4H3/q+1. The van der Waals surface area contributed by atoms with Crippen molar-refractivity contribution in [2.24, 2.45) is 0 Å². The number of hydrogen-bond donors (Lipinski definition) is 0. The molecule has 0 bridgehead atoms. The average molecular weight is 270 g/mol. The van der Waals surface area contributed by atoms with Crippen LogP contribution in [0, 0.1) is 0 Å². The van der Waals surface area contributed by atoms with Crippen LogP contribution < -0.4 is 0 Å². The fraction of sp³-hybridized carbons (Fsp3) is 0.941. The van der Waals surface area contributed by atoms with Crippen LogP contribution in [0.4, 0.5) is 0 Å². The summed E-state index contributed by atoms with van der Waals surface area (Å²) in [6, 6.07) is 0. The minimum absolute atomic E-state index is 0.357. The van der Waals surface area contributed by atoms with Crippen LogP contribution in [0.15, 0.2) is 0 Å². The molecule has 0 radical (unpaired) electrons. The van der Waals surface area contributed by atoms with Crippen LogP contribution >= 0.6 is 0 Å². The molecule has 0 aromatic rings. The predicted octanol–water partition coefficient (Wildman–Crippen LogP) is 4.92. The van der Waals surface area contributed by atoms with Gasteiger partial charge in [-0.2, -0.15) is 0 Å². The van der Waals surface area contributed by atoms with E-state index < -0.39 is 0 Å². The van der Waals surface area contributed by atoms with Gasteiger partial charge in [-0.05, 0) is 6.42 Å². The number of carbonyl (C=O) groups excluding carboxylic acids is 1. The number of hydrogen-bond acceptors (Lipinski definition) is 1. The highest BCUT2D eigenvalue weighted by atomic mass is 16.2. The third-order valence-electron chi connectivity index (χ3n) is 3.74. The Kier molecular flexibility index (Phi) is 11.2. The molecular formula is C17H36NO+. The first-order valence-electron chi connectivity index (χ1n) is 8.33. The second kappa shape index (κ2) is 11.5. The van der Waals surface area contributed by atoms with E-state index in [1.54, 1.807) is 0 Å². The van der Waals surface area contributed by atoms with E-state index in [9.17, 15) is 4.79 Å². The Morgan fingerprint density at radius 2 is 1.05 bits per heavy atom. The summed E-state index contributed by atoms with van der Waals surface area (Å²) in [5.41, 5.74) is 0. The molecule has 0 spiro atoms. The molecule has 0 saturated carbocycles. The van der Waals surface area contributed by atoms with Gasteiger partial charge in [-0.25, -0.2) is 4.79 Å². The van der Waals surface area contributed by atoms with Gasteiger partial charge in [0.25, 0.3) is 0 Å². The maximum atomic E-state index is 11.7. The summed E-state index contributed by atoms with van der Waals surface area (Å²) in [7, 11) is 5.88. The van der Waals surface area contributed by atoms with Crippen molar-refractivity contribution in [1.82, 2.24) is 0 Å². The van der Waals surface area contributed by atoms with Gasteiger partial charge in [0, 0.05) is 0 Å². The Morgan fingerprint density at radius 3 is 1.42 bits per heavy atom. The van der Waals surface area contributed by atoms with Crippen LogP contribution in [-0.4, -0.2) is 31.5 Å². The molecule has 0 fully saturated rings. The van der Waals surface area contributed by atoms with E-state index >= 15 is 0 Å². The van der Waals surface area contributed by atoms with Crippen molar-refractivity contribution in [1.29, 1.82) is 0 Å². The molecule has 0 rings (SSSR count). The van der Waals surface area contributed by atoms with Crippen LogP contribution in [0.5, 0.6) is 0 Å². The highest BCUT2D eigenvalue weighted by Crippen LogP contribution is 2.12. The van der Waals surface area contributed by atoms with Gasteiger partial charge in [-0.1, -0.05) is 71.1 Å². The third kappa shape index (κ3) is 12.4. The normalized spacial score (nSPS) is 11.8. The Morgan fingerprint density at radius 1 is 0.684 bits per heavy atom. The van der Waals surface area contributed by atoms with E-state index in [-0.39, 0.29) is 0 Å². The molecule has 0 N–H and O–H groups in total. The van der Waals surface area contributed by atoms with E-state index in [0.29, 0.717) is 10.4 Å². The van der Waals surface area contributed by atoms with Crippen molar-refractivity contribution < 1.29 is 9.28 Å². The van der Waals surface area contributed by atoms with Crippen molar-refractivity contribution in [3.8, 4) is 0 Å². The molecule has 0 unspecified atom stereocenters. The van der Waals surface area contributed by atoms with E-state index in [0.717, 1.165) is 12.8 Å². The van der Waals surface area contributed by atoms with Crippen molar-refractivity contribution in [2.75, 3.05) is 21.1 Å². The predicted molar refractivity (Wildman–Crippen MR) is 84.1 cm³/mol. The molecule has 0 aromatic carbocycles. The molecule has 2 nitrogen and oxygen atoms in total. The number of unbranched alkanes of at least 4 members (excludes halogenated alkanes) is 10. The van der Waals surface area contributed by atoms with E-state index in [1.807, 2.05) is 21.1 Å². The van der Waals surface area contributed by atoms with Crippen molar-refractivity contribution in [2.45, 2.75) is 84.0 Å². The van der Waals surface area contributed by atoms with Crippen LogP contribution in [0.3, 0.4) is 0 Å². The lowest BCUT2D eigenvalue weighted by Crippen LogP contribution is -2.40. The van der Waals surface area contributed by atoms with Crippen molar-refractivity contribution >= 4 is 5.91 Å². The first-order valence-corrected chi connectivity index (χ1v) is 8.33. The highest BCUT2D eigenvalue weighted by Gasteiger charge is 2.18. The van der Waals surface area contributed by atoms with E-state index in [1.165, 1.54) is 64.2 Å². The molecular weight excluding hydrogens is 234 g/mol. The smallest absolute Gasteiger partial charge is 0.268 e. The lowest BCUT2D eigenvalue weighted by Gasteiger charge is -2.20. The minimum Gasteiger partial charge on any atom is -0.268 e. The number of nitrogens with zero attached hydrogens (tertiary/aromatic N) is 1. The summed E-state index contributed by atoms with van der Waals surface area (Å²) in [5, 5.41) is 0. The summed E-state index contributed by atoms with van der Waals surface area (Å²) >= 11 is 0. The zero-order valence-corrected chi connectivity index (χ0v) is 13.8. The van der Waals surface area contributed by atoms with Gasteiger partial charge in [0.1, 0.15) is 0 Å². The van der Waals surface area contributed by atoms with Gasteiger partial charge in [0.2, 0.25) is 0 Å². The molecule has 0 heterocycles. The molecule has 1 amide bonds. The number of amides is 1. The summed E-state index contributed by atoms with van der Waals surface area (Å²) in [5.74, 6) is 0.357. The molecule has 0 atom stereocenters. The first kappa shape index (κ1) is 18.6. The van der Waals surface area contributed by atoms with Crippen LogP contribution in [0.1, 0.15) is 84.0 Å². The Labute approximate surface area is 121 Å². The monoisotopic (exact) mass is 270 g/mol. The van der Waals surface area contributed by atoms with Gasteiger partial charge >= 0.3 is 5.91 Å². The highest BCUT2D eigenvalue weighted by molar-refractivity contribution is 5.68. The third-order valence-corrected chi connectivity index (χ3v) is 3.74. The van der Waals surface area contributed by atoms with Gasteiger partial charge in [0.15, 0.2) is 0 Å². The van der Waals surface area contributed by atoms with Crippen LogP contribution in [0.2, 0.25) is 0 Å². The zero-order valence-electron chi connectivity index (χ0n) is 13.8. The van der Waals surface area contributed by atoms with Gasteiger partial charge in [-0.3, -0.25) is 4.48 Å². The zero-order chi connectivity index (χ0) is 14.6. The Balaban J connectivity index is 3.17. The minimum atomic E-state index is 0.357. The largest absolute Gasteiger partial charge is 0.313 e. The topological polar surface area (TPSA) is 17.1 Å². The van der Waals surface area contributed by atoms with Gasteiger partial charge in [-0.15, -0.1) is 0 Å². The average Bonchev–Trinajstić information content (AvgIpc) is 2.34. The van der Waals surface area contributed by atoms with Crippen molar-refractivity contribution in [3.63, 3.8) is 0 Å². The summed E-state index contributed by atoms with van der Waals surface area (Å²) < 4.78 is 0.470. The number of quaternary nitrogens is 1. The molecule has 0 aromatic heterocycles. The number of carbonyl (C=O) groups is 1. The Bertz CT molecular complexity index is 218. The lowest BCUT2D eigenvalue weighted by molar-refractivity contribution is -0.792. The molecule has 0 aliphatic carbocycles. The molecule has 0 aliphatic heterocycles. The molecule has 114 valence electrons. The van der Waals surface area contributed by atoms with Gasteiger partial charge < -0.3 is 0 Å². The SMILES string of the molecule is CCCCCCCCCCCCCC(=O)[N+](C)(C)C. The maximum Gasteiger partial charge on any atom is 0.313 e. The second-order valence-corrected chi connectivity index (χ2v) is 6.69. The van der Waals surface area contributed by atoms with Gasteiger partial charge in [0.05, 0.1) is 27.6 Å². The summed E-state index contributed by atoms with van der Waals surface area (Å²) in [6.45, 7) is 2.27. The summed E-state index contributed by atoms with van der Waals surface area (Å²) in [4.78, 5) is 11.7. The molecule has 2 heteroatoms. The van der Waals surface area contributed by atoms with Crippen LogP contribution in [-0.2, 0) is 4.79 Å². The van der Waals surface area contributed by atoms with Crippen LogP contribution in [0.25, 0.3) is 0 Å². The molecule has 19 heavy (non-hydrogen) atoms. The van der Waals surface area contributed by atoms with E-state index in [4.69, 9.17) is 0 Å². The fourth-order valence-corrected chi connectivity index (χ4v) is 2.28. The quantitative estimate of drug-likeness (QED) is 0.363.